The van der Waals surface area contributed by atoms with Gasteiger partial charge in [-0.05, 0) is 198 Å². The third-order valence-electron chi connectivity index (χ3n) is 25.3. The number of benzene rings is 6. The molecular formula is C100H119FN22O17. The van der Waals surface area contributed by atoms with Gasteiger partial charge in [0.05, 0.1) is 66.9 Å². The zero-order chi connectivity index (χ0) is 98.9. The summed E-state index contributed by atoms with van der Waals surface area (Å²) in [5.41, 5.74) is 7.62. The first-order valence-corrected chi connectivity index (χ1v) is 47.2. The van der Waals surface area contributed by atoms with E-state index in [4.69, 9.17) is 44.6 Å². The van der Waals surface area contributed by atoms with Gasteiger partial charge in [-0.3, -0.25) is 90.0 Å². The maximum absolute atomic E-state index is 15.5. The second kappa shape index (κ2) is 48.7. The minimum absolute atomic E-state index is 0.0171. The number of hydrogen-bond acceptors (Lipinski definition) is 30. The number of imide groups is 3. The standard InChI is InChI=1S/C100H119FN22O17/c1-63(65-16-13-21-74(50-65)139-44-9-5-7-38-135-40-15-43-138-60-91(127)121-36-32-119(33-37-121)85-54-78-77(53-79(85)101)99(133)123(100(78)134)84-25-27-89(125)115-97(84)131)112-94(128)66-17-11-19-71(47-66)108-57-87(103)117(4)93(105)82-55-81(110-62-111-82)69-46-68(64(2)113-95(129)67-18-12-20-72(48-67)107-56-86(102)116(3)92(104)80-28-29-106-61-109-80)51-75(52-69)140-45-10-6-8-39-136-41-14-42-137-59-90(126)120-34-30-118(31-35-120)73-22-23-76-70(49-73)58-122(98(76)132)83-24-26-88(124)114-96(83)130/h11-13,16-23,28-29,46-55,61-64,83-84,98,102-105,107-108,132H,5-10,14-15,24-27,30-45,56-60H2,1-4H3,(H,112,128)(H,113,129)(H,114,124,130)(H,115,125,131)/t63-,64-,83?,84?,98?/m1/s1. The Kier molecular flexibility index (Phi) is 35.3. The van der Waals surface area contributed by atoms with E-state index in [0.717, 1.165) is 65.4 Å². The number of rotatable bonds is 45. The van der Waals surface area contributed by atoms with E-state index in [1.54, 1.807) is 94.4 Å². The third-order valence-corrected chi connectivity index (χ3v) is 25.3. The number of carbonyl (C=O) groups excluding carboxylic acids is 10. The van der Waals surface area contributed by atoms with Crippen molar-refractivity contribution in [3.05, 3.63) is 214 Å². The second-order valence-corrected chi connectivity index (χ2v) is 35.0. The van der Waals surface area contributed by atoms with Crippen LogP contribution in [0.3, 0.4) is 0 Å². The molecule has 10 amide bonds. The number of nitrogens with zero attached hydrogens (tertiary/aromatic N) is 12. The summed E-state index contributed by atoms with van der Waals surface area (Å²) in [5.74, 6) is -3.94. The highest BCUT2D eigenvalue weighted by molar-refractivity contribution is 6.24. The molecule has 3 unspecified atom stereocenters. The molecule has 738 valence electrons. The number of ether oxygens (including phenoxy) is 6. The number of aliphatic hydroxyl groups excluding tert-OH is 1. The molecule has 14 rings (SSSR count). The van der Waals surface area contributed by atoms with Gasteiger partial charge in [-0.25, -0.2) is 24.3 Å². The largest absolute Gasteiger partial charge is 0.494 e. The van der Waals surface area contributed by atoms with E-state index in [-0.39, 0.29) is 159 Å². The zero-order valence-electron chi connectivity index (χ0n) is 78.9. The normalized spacial score (nSPS) is 16.9. The predicted molar refractivity (Wildman–Crippen MR) is 517 cm³/mol. The molecule has 40 heteroatoms. The van der Waals surface area contributed by atoms with Gasteiger partial charge in [0.1, 0.15) is 78.5 Å². The molecule has 0 saturated carbocycles. The molecule has 140 heavy (non-hydrogen) atoms. The smallest absolute Gasteiger partial charge is 0.262 e. The lowest BCUT2D eigenvalue weighted by Gasteiger charge is -2.36. The van der Waals surface area contributed by atoms with Crippen LogP contribution in [-0.2, 0) is 54.3 Å². The molecule has 39 nitrogen and oxygen atoms in total. The SMILES string of the molecule is C[C@@H](NC(=O)c1cccc(NCC(=N)N(C)C(=N)c2cc(-c3cc(OCCCCCOCCCOCC(=O)N4CCN(c5ccc6c(c5)CN(C5CCC(=O)NC5=O)C6O)CC4)cc([C@@H](C)NC(=O)c4cccc(NCC(=N)N(C)C(=N)c5ccncn5)c4)c3)ncn2)c1)c1cccc(OCCCCCOCCCOCC(=O)N2CCN(c3cc4c(cc3F)C(=O)N(C3CCC(=O)NC3=O)C4=O)CC2)c1. The lowest BCUT2D eigenvalue weighted by molar-refractivity contribution is -0.142. The fraction of sp³-hybridized carbons (Fsp3) is 0.420. The van der Waals surface area contributed by atoms with E-state index in [1.807, 2.05) is 74.5 Å². The molecular weight excluding hydrogens is 1800 g/mol. The number of unbranched alkanes of at least 4 members (excludes halogenated alkanes) is 4. The van der Waals surface area contributed by atoms with E-state index in [1.165, 1.54) is 34.7 Å². The number of piperidine rings is 2. The Labute approximate surface area is 809 Å². The summed E-state index contributed by atoms with van der Waals surface area (Å²) >= 11 is 0. The topological polar surface area (TPSA) is 491 Å². The van der Waals surface area contributed by atoms with Gasteiger partial charge in [0, 0.05) is 171 Å². The number of fused-ring (bicyclic) bond motifs is 2. The molecule has 6 aliphatic heterocycles. The third kappa shape index (κ3) is 26.5. The molecule has 6 aromatic carbocycles. The molecule has 4 saturated heterocycles. The maximum Gasteiger partial charge on any atom is 0.262 e. The molecule has 0 bridgehead atoms. The molecule has 2 aromatic heterocycles. The Hall–Kier alpha value is -14.5. The first kappa shape index (κ1) is 101. The average molecular weight is 1920 g/mol. The van der Waals surface area contributed by atoms with Crippen LogP contribution >= 0.6 is 0 Å². The number of amides is 10. The van der Waals surface area contributed by atoms with Crippen LogP contribution in [0, 0.1) is 27.5 Å². The van der Waals surface area contributed by atoms with Gasteiger partial charge in [-0.2, -0.15) is 0 Å². The molecule has 8 heterocycles. The number of carbonyl (C=O) groups is 10. The van der Waals surface area contributed by atoms with E-state index in [2.05, 4.69) is 56.7 Å². The van der Waals surface area contributed by atoms with Crippen molar-refractivity contribution < 1.29 is 85.9 Å². The zero-order valence-corrected chi connectivity index (χ0v) is 78.9. The molecule has 11 N–H and O–H groups in total. The molecule has 0 aliphatic carbocycles. The Morgan fingerprint density at radius 1 is 0.521 bits per heavy atom. The molecule has 6 aliphatic rings. The lowest BCUT2D eigenvalue weighted by Crippen LogP contribution is -2.54. The van der Waals surface area contributed by atoms with Crippen molar-refractivity contribution >= 4 is 105 Å². The summed E-state index contributed by atoms with van der Waals surface area (Å²) in [6, 6.07) is 35.7. The van der Waals surface area contributed by atoms with E-state index < -0.39 is 53.8 Å². The van der Waals surface area contributed by atoms with Crippen molar-refractivity contribution in [3.63, 3.8) is 0 Å². The van der Waals surface area contributed by atoms with Gasteiger partial charge in [-0.15, -0.1) is 0 Å². The van der Waals surface area contributed by atoms with Gasteiger partial charge in [0.2, 0.25) is 35.4 Å². The Balaban J connectivity index is 0.486. The predicted octanol–water partition coefficient (Wildman–Crippen LogP) is 8.40. The van der Waals surface area contributed by atoms with Crippen LogP contribution in [0.4, 0.5) is 27.1 Å². The first-order valence-electron chi connectivity index (χ1n) is 47.2. The van der Waals surface area contributed by atoms with Crippen LogP contribution < -0.4 is 51.2 Å². The van der Waals surface area contributed by atoms with Gasteiger partial charge in [0.15, 0.2) is 11.7 Å². The van der Waals surface area contributed by atoms with Gasteiger partial charge in [-0.1, -0.05) is 30.3 Å². The Bertz CT molecular complexity index is 5880. The number of aliphatic hydroxyl groups is 1. The van der Waals surface area contributed by atoms with Crippen molar-refractivity contribution in [3.8, 4) is 22.8 Å². The van der Waals surface area contributed by atoms with Crippen LogP contribution in [-0.4, -0.2) is 295 Å². The molecule has 5 atom stereocenters. The number of piperazine rings is 2. The molecule has 0 radical (unpaired) electrons. The van der Waals surface area contributed by atoms with Crippen LogP contribution in [0.5, 0.6) is 11.5 Å². The van der Waals surface area contributed by atoms with Crippen molar-refractivity contribution in [2.75, 3.05) is 166 Å². The van der Waals surface area contributed by atoms with E-state index in [0.29, 0.717) is 168 Å². The molecule has 0 spiro atoms. The summed E-state index contributed by atoms with van der Waals surface area (Å²) < 4.78 is 51.2. The van der Waals surface area contributed by atoms with Crippen molar-refractivity contribution in [2.24, 2.45) is 0 Å². The number of likely N-dealkylation sites (N-methyl/N-ethyl adjacent to an activating group) is 2. The van der Waals surface area contributed by atoms with Crippen LogP contribution in [0.25, 0.3) is 11.3 Å². The summed E-state index contributed by atoms with van der Waals surface area (Å²) in [4.78, 5) is 159. The average Bonchev–Trinajstić information content (AvgIpc) is 1.59. The highest BCUT2D eigenvalue weighted by Crippen LogP contribution is 2.39. The number of hydrogen-bond donors (Lipinski definition) is 11. The fourth-order valence-electron chi connectivity index (χ4n) is 17.2. The number of anilines is 4. The van der Waals surface area contributed by atoms with E-state index in [9.17, 15) is 58.5 Å². The highest BCUT2D eigenvalue weighted by atomic mass is 19.1. The van der Waals surface area contributed by atoms with Crippen molar-refractivity contribution in [1.82, 2.24) is 70.6 Å². The summed E-state index contributed by atoms with van der Waals surface area (Å²) in [6.45, 7) is 10.9. The van der Waals surface area contributed by atoms with Gasteiger partial charge >= 0.3 is 0 Å². The fourth-order valence-corrected chi connectivity index (χ4v) is 17.2. The monoisotopic (exact) mass is 1920 g/mol. The van der Waals surface area contributed by atoms with E-state index >= 15 is 4.39 Å². The maximum atomic E-state index is 15.5. The van der Waals surface area contributed by atoms with Crippen LogP contribution in [0.2, 0.25) is 0 Å². The Morgan fingerprint density at radius 2 is 1.04 bits per heavy atom. The number of amidine groups is 4. The summed E-state index contributed by atoms with van der Waals surface area (Å²) in [6.07, 6.45) is 9.71. The van der Waals surface area contributed by atoms with Gasteiger partial charge in [0.25, 0.3) is 23.6 Å². The molecule has 8 aromatic rings. The first-order chi connectivity index (χ1) is 67.7. The number of aromatic nitrogens is 4. The minimum atomic E-state index is -1.17. The van der Waals surface area contributed by atoms with Crippen molar-refractivity contribution in [1.29, 1.82) is 21.6 Å². The highest BCUT2D eigenvalue weighted by Gasteiger charge is 2.46. The van der Waals surface area contributed by atoms with Gasteiger partial charge < -0.3 is 84.2 Å². The second-order valence-electron chi connectivity index (χ2n) is 35.0. The van der Waals surface area contributed by atoms with Crippen molar-refractivity contribution in [2.45, 2.75) is 128 Å². The molecule has 4 fully saturated rings. The minimum Gasteiger partial charge on any atom is -0.494 e. The lowest BCUT2D eigenvalue weighted by atomic mass is 10.0. The van der Waals surface area contributed by atoms with Crippen LogP contribution in [0.1, 0.15) is 184 Å². The number of nitrogens with one attached hydrogen (secondary N) is 10. The summed E-state index contributed by atoms with van der Waals surface area (Å²) in [7, 11) is 3.20. The van der Waals surface area contributed by atoms with Crippen LogP contribution in [0.15, 0.2) is 152 Å². The number of halogens is 1. The Morgan fingerprint density at radius 3 is 1.63 bits per heavy atom. The quantitative estimate of drug-likeness (QED) is 0.00738. The summed E-state index contributed by atoms with van der Waals surface area (Å²) in [5, 5.41) is 63.9.